The van der Waals surface area contributed by atoms with Crippen molar-refractivity contribution in [1.82, 2.24) is 4.90 Å². The van der Waals surface area contributed by atoms with Crippen molar-refractivity contribution in [2.75, 3.05) is 20.8 Å². The van der Waals surface area contributed by atoms with Crippen molar-refractivity contribution in [3.8, 4) is 0 Å². The lowest BCUT2D eigenvalue weighted by molar-refractivity contribution is -0.275. The molecular formula is C25H26FNO4. The molecule has 1 heterocycles. The summed E-state index contributed by atoms with van der Waals surface area (Å²) in [5.74, 6) is -2.22. The van der Waals surface area contributed by atoms with Crippen LogP contribution in [0.1, 0.15) is 28.8 Å². The number of fused-ring (bicyclic) bond motifs is 2. The van der Waals surface area contributed by atoms with Crippen molar-refractivity contribution in [3.63, 3.8) is 0 Å². The molecule has 1 aliphatic heterocycles. The van der Waals surface area contributed by atoms with Crippen LogP contribution in [-0.4, -0.2) is 49.1 Å². The second-order valence-corrected chi connectivity index (χ2v) is 8.04. The molecule has 4 rings (SSSR count). The number of carbonyl (C=O) groups excluding carboxylic acids is 2. The fourth-order valence-electron chi connectivity index (χ4n) is 4.83. The monoisotopic (exact) mass is 423 g/mol. The first kappa shape index (κ1) is 21.4. The number of ether oxygens (including phenoxy) is 2. The molecule has 2 aliphatic rings. The van der Waals surface area contributed by atoms with E-state index in [4.69, 9.17) is 9.47 Å². The van der Waals surface area contributed by atoms with Crippen LogP contribution >= 0.6 is 0 Å². The molecule has 1 aliphatic carbocycles. The van der Waals surface area contributed by atoms with Gasteiger partial charge in [0.05, 0.1) is 12.0 Å². The molecule has 0 N–H and O–H groups in total. The van der Waals surface area contributed by atoms with E-state index in [2.05, 4.69) is 0 Å². The molecular weight excluding hydrogens is 397 g/mol. The molecule has 162 valence electrons. The first-order valence-corrected chi connectivity index (χ1v) is 10.4. The largest absolute Gasteiger partial charge is 0.368 e. The van der Waals surface area contributed by atoms with Crippen molar-refractivity contribution in [2.24, 2.45) is 5.92 Å². The van der Waals surface area contributed by atoms with Gasteiger partial charge in [-0.15, -0.1) is 0 Å². The Morgan fingerprint density at radius 3 is 2.39 bits per heavy atom. The average molecular weight is 423 g/mol. The smallest absolute Gasteiger partial charge is 0.196 e. The van der Waals surface area contributed by atoms with Crippen LogP contribution in [0.15, 0.2) is 66.4 Å². The molecule has 0 unspecified atom stereocenters. The number of hydrogen-bond acceptors (Lipinski definition) is 5. The lowest BCUT2D eigenvalue weighted by Crippen LogP contribution is -2.65. The van der Waals surface area contributed by atoms with E-state index < -0.39 is 17.5 Å². The SMILES string of the molecule is COC1(OC)[C@@H]2CC(=O)C[C@H]1C(C(=O)c1ccc(F)cc1)=CN2CCc1ccccc1. The molecule has 1 saturated carbocycles. The van der Waals surface area contributed by atoms with Crippen molar-refractivity contribution >= 4 is 11.6 Å². The molecule has 31 heavy (non-hydrogen) atoms. The highest BCUT2D eigenvalue weighted by molar-refractivity contribution is 6.09. The van der Waals surface area contributed by atoms with Gasteiger partial charge in [-0.1, -0.05) is 30.3 Å². The van der Waals surface area contributed by atoms with Gasteiger partial charge in [0, 0.05) is 50.9 Å². The normalized spacial score (nSPS) is 22.2. The van der Waals surface area contributed by atoms with E-state index in [9.17, 15) is 14.0 Å². The lowest BCUT2D eigenvalue weighted by Gasteiger charge is -2.54. The standard InChI is InChI=1S/C25H26FNO4/c1-30-25(31-2)22-14-20(28)15-23(25)27(13-12-17-6-4-3-5-7-17)16-21(22)24(29)18-8-10-19(26)11-9-18/h3-11,16,22-23H,12-15H2,1-2H3/t22-,23-/m0/s1. The highest BCUT2D eigenvalue weighted by Crippen LogP contribution is 2.46. The number of benzene rings is 2. The van der Waals surface area contributed by atoms with Crippen molar-refractivity contribution < 1.29 is 23.5 Å². The van der Waals surface area contributed by atoms with Gasteiger partial charge in [0.25, 0.3) is 0 Å². The summed E-state index contributed by atoms with van der Waals surface area (Å²) >= 11 is 0. The highest BCUT2D eigenvalue weighted by Gasteiger charge is 2.58. The summed E-state index contributed by atoms with van der Waals surface area (Å²) in [6, 6.07) is 15.2. The average Bonchev–Trinajstić information content (AvgIpc) is 2.79. The first-order chi connectivity index (χ1) is 15.0. The molecule has 5 nitrogen and oxygen atoms in total. The maximum absolute atomic E-state index is 13.4. The van der Waals surface area contributed by atoms with E-state index in [1.54, 1.807) is 14.2 Å². The summed E-state index contributed by atoms with van der Waals surface area (Å²) in [5.41, 5.74) is 1.98. The quantitative estimate of drug-likeness (QED) is 0.501. The fraction of sp³-hybridized carbons (Fsp3) is 0.360. The van der Waals surface area contributed by atoms with Crippen LogP contribution in [0.5, 0.6) is 0 Å². The van der Waals surface area contributed by atoms with Crippen molar-refractivity contribution in [1.29, 1.82) is 0 Å². The molecule has 2 aromatic rings. The van der Waals surface area contributed by atoms with E-state index >= 15 is 0 Å². The number of methoxy groups -OCH3 is 2. The number of ketones is 2. The van der Waals surface area contributed by atoms with Crippen LogP contribution in [0.3, 0.4) is 0 Å². The highest BCUT2D eigenvalue weighted by atomic mass is 19.1. The summed E-state index contributed by atoms with van der Waals surface area (Å²) in [6.45, 7) is 0.601. The molecule has 2 atom stereocenters. The lowest BCUT2D eigenvalue weighted by atomic mass is 9.70. The zero-order chi connectivity index (χ0) is 22.0. The van der Waals surface area contributed by atoms with Gasteiger partial charge in [0.2, 0.25) is 0 Å². The number of nitrogens with zero attached hydrogens (tertiary/aromatic N) is 1. The molecule has 0 aromatic heterocycles. The molecule has 6 heteroatoms. The van der Waals surface area contributed by atoms with Gasteiger partial charge < -0.3 is 14.4 Å². The Bertz CT molecular complexity index is 982. The summed E-state index contributed by atoms with van der Waals surface area (Å²) in [6.07, 6.45) is 3.06. The predicted octanol–water partition coefficient (Wildman–Crippen LogP) is 3.79. The molecule has 2 aromatic carbocycles. The molecule has 0 spiro atoms. The van der Waals surface area contributed by atoms with Gasteiger partial charge in [0.1, 0.15) is 11.6 Å². The fourth-order valence-corrected chi connectivity index (χ4v) is 4.83. The van der Waals surface area contributed by atoms with Crippen LogP contribution < -0.4 is 0 Å². The summed E-state index contributed by atoms with van der Waals surface area (Å²) in [4.78, 5) is 28.1. The van der Waals surface area contributed by atoms with Crippen LogP contribution in [-0.2, 0) is 20.7 Å². The zero-order valence-electron chi connectivity index (χ0n) is 17.7. The summed E-state index contributed by atoms with van der Waals surface area (Å²) in [7, 11) is 3.11. The second-order valence-electron chi connectivity index (χ2n) is 8.04. The second kappa shape index (κ2) is 8.73. The molecule has 0 amide bonds. The zero-order valence-corrected chi connectivity index (χ0v) is 17.7. The number of rotatable bonds is 7. The third kappa shape index (κ3) is 3.93. The topological polar surface area (TPSA) is 55.8 Å². The van der Waals surface area contributed by atoms with E-state index in [0.717, 1.165) is 12.0 Å². The van der Waals surface area contributed by atoms with E-state index in [-0.39, 0.29) is 24.0 Å². The maximum Gasteiger partial charge on any atom is 0.196 e. The number of Topliss-reactive ketones (excluding diaryl/α,β-unsaturated/α-hetero) is 2. The Labute approximate surface area is 181 Å². The van der Waals surface area contributed by atoms with E-state index in [0.29, 0.717) is 24.1 Å². The van der Waals surface area contributed by atoms with Crippen LogP contribution in [0.25, 0.3) is 0 Å². The summed E-state index contributed by atoms with van der Waals surface area (Å²) in [5, 5.41) is 0. The third-order valence-corrected chi connectivity index (χ3v) is 6.39. The molecule has 0 radical (unpaired) electrons. The minimum absolute atomic E-state index is 0.0712. The Hall–Kier alpha value is -2.83. The minimum Gasteiger partial charge on any atom is -0.368 e. The minimum atomic E-state index is -1.11. The molecule has 2 bridgehead atoms. The van der Waals surface area contributed by atoms with Crippen molar-refractivity contribution in [2.45, 2.75) is 31.1 Å². The van der Waals surface area contributed by atoms with Crippen LogP contribution in [0.2, 0.25) is 0 Å². The van der Waals surface area contributed by atoms with Gasteiger partial charge >= 0.3 is 0 Å². The number of halogens is 1. The first-order valence-electron chi connectivity index (χ1n) is 10.4. The van der Waals surface area contributed by atoms with Gasteiger partial charge in [-0.3, -0.25) is 9.59 Å². The predicted molar refractivity (Wildman–Crippen MR) is 114 cm³/mol. The van der Waals surface area contributed by atoms with E-state index in [1.807, 2.05) is 41.4 Å². The third-order valence-electron chi connectivity index (χ3n) is 6.39. The van der Waals surface area contributed by atoms with E-state index in [1.165, 1.54) is 24.3 Å². The number of carbonyl (C=O) groups is 2. The van der Waals surface area contributed by atoms with Crippen LogP contribution in [0.4, 0.5) is 4.39 Å². The molecule has 0 saturated heterocycles. The Morgan fingerprint density at radius 2 is 1.74 bits per heavy atom. The van der Waals surface area contributed by atoms with Gasteiger partial charge in [-0.25, -0.2) is 4.39 Å². The van der Waals surface area contributed by atoms with Gasteiger partial charge in [-0.05, 0) is 36.2 Å². The Morgan fingerprint density at radius 1 is 1.06 bits per heavy atom. The van der Waals surface area contributed by atoms with Crippen LogP contribution in [0, 0.1) is 11.7 Å². The van der Waals surface area contributed by atoms with Gasteiger partial charge in [0.15, 0.2) is 11.6 Å². The Kier molecular flexibility index (Phi) is 6.03. The molecule has 1 fully saturated rings. The van der Waals surface area contributed by atoms with Crippen molar-refractivity contribution in [3.05, 3.63) is 83.3 Å². The maximum atomic E-state index is 13.4. The van der Waals surface area contributed by atoms with Gasteiger partial charge in [-0.2, -0.15) is 0 Å². The summed E-state index contributed by atoms with van der Waals surface area (Å²) < 4.78 is 25.2. The number of hydrogen-bond donors (Lipinski definition) is 0. The Balaban J connectivity index is 1.74.